The van der Waals surface area contributed by atoms with Gasteiger partial charge in [0.25, 0.3) is 0 Å². The van der Waals surface area contributed by atoms with Gasteiger partial charge in [-0.1, -0.05) is 0 Å². The number of rotatable bonds is 3. The highest BCUT2D eigenvalue weighted by atomic mass is 79.9. The Bertz CT molecular complexity index is 542. The topological polar surface area (TPSA) is 65.2 Å². The van der Waals surface area contributed by atoms with Gasteiger partial charge in [-0.15, -0.1) is 11.3 Å². The van der Waals surface area contributed by atoms with E-state index in [1.165, 1.54) is 11.3 Å². The number of nitrogens with two attached hydrogens (primary N) is 1. The SMILES string of the molecule is Nc1ccsc1C(=O)OCc1cncc(Br)c1. The minimum absolute atomic E-state index is 0.183. The van der Waals surface area contributed by atoms with Gasteiger partial charge in [-0.3, -0.25) is 4.98 Å². The van der Waals surface area contributed by atoms with Crippen LogP contribution in [0.4, 0.5) is 5.69 Å². The Hall–Kier alpha value is -1.40. The molecule has 0 aliphatic rings. The third-order valence-corrected chi connectivity index (χ3v) is 3.36. The van der Waals surface area contributed by atoms with E-state index in [0.717, 1.165) is 10.0 Å². The summed E-state index contributed by atoms with van der Waals surface area (Å²) >= 11 is 4.57. The highest BCUT2D eigenvalue weighted by molar-refractivity contribution is 9.10. The van der Waals surface area contributed by atoms with Crippen LogP contribution in [0.5, 0.6) is 0 Å². The maximum absolute atomic E-state index is 11.7. The Kier molecular flexibility index (Phi) is 3.75. The molecule has 0 atom stereocenters. The molecule has 2 N–H and O–H groups in total. The van der Waals surface area contributed by atoms with E-state index in [-0.39, 0.29) is 6.61 Å². The zero-order valence-corrected chi connectivity index (χ0v) is 11.1. The summed E-state index contributed by atoms with van der Waals surface area (Å²) in [6.07, 6.45) is 3.32. The standard InChI is InChI=1S/C11H9BrN2O2S/c12-8-3-7(4-14-5-8)6-16-11(15)10-9(13)1-2-17-10/h1-5H,6,13H2. The number of anilines is 1. The van der Waals surface area contributed by atoms with E-state index in [1.54, 1.807) is 23.8 Å². The van der Waals surface area contributed by atoms with Crippen molar-refractivity contribution >= 4 is 38.9 Å². The van der Waals surface area contributed by atoms with E-state index in [0.29, 0.717) is 10.6 Å². The first-order chi connectivity index (χ1) is 8.16. The molecule has 0 bridgehead atoms. The fourth-order valence-electron chi connectivity index (χ4n) is 1.23. The molecular weight excluding hydrogens is 304 g/mol. The van der Waals surface area contributed by atoms with Gasteiger partial charge in [0.15, 0.2) is 0 Å². The minimum Gasteiger partial charge on any atom is -0.457 e. The molecule has 2 aromatic heterocycles. The third-order valence-electron chi connectivity index (χ3n) is 2.01. The molecule has 0 aliphatic carbocycles. The van der Waals surface area contributed by atoms with Gasteiger partial charge in [-0.2, -0.15) is 0 Å². The molecule has 0 fully saturated rings. The van der Waals surface area contributed by atoms with Crippen molar-refractivity contribution in [1.29, 1.82) is 0 Å². The first-order valence-electron chi connectivity index (χ1n) is 4.76. The molecular formula is C11H9BrN2O2S. The summed E-state index contributed by atoms with van der Waals surface area (Å²) < 4.78 is 5.99. The van der Waals surface area contributed by atoms with Crippen LogP contribution in [0.1, 0.15) is 15.2 Å². The Morgan fingerprint density at radius 1 is 1.53 bits per heavy atom. The second kappa shape index (κ2) is 5.29. The van der Waals surface area contributed by atoms with Gasteiger partial charge in [0, 0.05) is 22.4 Å². The predicted octanol–water partition coefficient (Wildman–Crippen LogP) is 2.84. The highest BCUT2D eigenvalue weighted by Crippen LogP contribution is 2.20. The van der Waals surface area contributed by atoms with Crippen LogP contribution in [0.2, 0.25) is 0 Å². The Labute approximate surface area is 111 Å². The van der Waals surface area contributed by atoms with Crippen LogP contribution < -0.4 is 5.73 Å². The second-order valence-corrected chi connectivity index (χ2v) is 5.12. The van der Waals surface area contributed by atoms with Crippen LogP contribution in [0, 0.1) is 0 Å². The van der Waals surface area contributed by atoms with Crippen LogP contribution in [-0.4, -0.2) is 11.0 Å². The molecule has 0 radical (unpaired) electrons. The van der Waals surface area contributed by atoms with Gasteiger partial charge in [0.2, 0.25) is 0 Å². The Morgan fingerprint density at radius 2 is 2.35 bits per heavy atom. The maximum Gasteiger partial charge on any atom is 0.350 e. The normalized spacial score (nSPS) is 10.2. The van der Waals surface area contributed by atoms with Crippen molar-refractivity contribution in [2.24, 2.45) is 0 Å². The average molecular weight is 313 g/mol. The fourth-order valence-corrected chi connectivity index (χ4v) is 2.36. The molecule has 0 aromatic carbocycles. The average Bonchev–Trinajstić information content (AvgIpc) is 2.72. The molecule has 88 valence electrons. The van der Waals surface area contributed by atoms with E-state index >= 15 is 0 Å². The monoisotopic (exact) mass is 312 g/mol. The number of esters is 1. The van der Waals surface area contributed by atoms with Crippen LogP contribution in [0.3, 0.4) is 0 Å². The predicted molar refractivity (Wildman–Crippen MR) is 69.8 cm³/mol. The highest BCUT2D eigenvalue weighted by Gasteiger charge is 2.12. The van der Waals surface area contributed by atoms with Crippen LogP contribution in [0.15, 0.2) is 34.4 Å². The molecule has 0 saturated carbocycles. The lowest BCUT2D eigenvalue weighted by molar-refractivity contribution is 0.0479. The molecule has 0 unspecified atom stereocenters. The van der Waals surface area contributed by atoms with Crippen molar-refractivity contribution in [2.75, 3.05) is 5.73 Å². The van der Waals surface area contributed by atoms with Crippen molar-refractivity contribution in [1.82, 2.24) is 4.98 Å². The summed E-state index contributed by atoms with van der Waals surface area (Å²) in [4.78, 5) is 16.1. The van der Waals surface area contributed by atoms with E-state index in [9.17, 15) is 4.79 Å². The molecule has 4 nitrogen and oxygen atoms in total. The van der Waals surface area contributed by atoms with Crippen LogP contribution in [0.25, 0.3) is 0 Å². The molecule has 0 aliphatic heterocycles. The van der Waals surface area contributed by atoms with Crippen molar-refractivity contribution in [3.63, 3.8) is 0 Å². The van der Waals surface area contributed by atoms with E-state index in [1.807, 2.05) is 6.07 Å². The Balaban J connectivity index is 1.99. The summed E-state index contributed by atoms with van der Waals surface area (Å²) in [5.41, 5.74) is 6.90. The summed E-state index contributed by atoms with van der Waals surface area (Å²) in [5, 5.41) is 1.76. The maximum atomic E-state index is 11.7. The second-order valence-electron chi connectivity index (χ2n) is 3.29. The van der Waals surface area contributed by atoms with Gasteiger partial charge in [-0.25, -0.2) is 4.79 Å². The number of carbonyl (C=O) groups is 1. The van der Waals surface area contributed by atoms with Crippen LogP contribution >= 0.6 is 27.3 Å². The quantitative estimate of drug-likeness (QED) is 0.885. The van der Waals surface area contributed by atoms with Gasteiger partial charge in [0.1, 0.15) is 11.5 Å². The van der Waals surface area contributed by atoms with Gasteiger partial charge >= 0.3 is 5.97 Å². The van der Waals surface area contributed by atoms with E-state index in [4.69, 9.17) is 10.5 Å². The molecule has 2 rings (SSSR count). The first-order valence-corrected chi connectivity index (χ1v) is 6.43. The summed E-state index contributed by atoms with van der Waals surface area (Å²) in [7, 11) is 0. The molecule has 0 saturated heterocycles. The van der Waals surface area contributed by atoms with Gasteiger partial charge < -0.3 is 10.5 Å². The number of pyridine rings is 1. The molecule has 6 heteroatoms. The minimum atomic E-state index is -0.405. The van der Waals surface area contributed by atoms with Crippen molar-refractivity contribution < 1.29 is 9.53 Å². The molecule has 2 heterocycles. The van der Waals surface area contributed by atoms with Gasteiger partial charge in [-0.05, 0) is 33.4 Å². The smallest absolute Gasteiger partial charge is 0.350 e. The summed E-state index contributed by atoms with van der Waals surface area (Å²) in [6.45, 7) is 0.183. The first kappa shape index (κ1) is 12.1. The Morgan fingerprint density at radius 3 is 3.00 bits per heavy atom. The fraction of sp³-hybridized carbons (Fsp3) is 0.0909. The third kappa shape index (κ3) is 3.04. The number of hydrogen-bond donors (Lipinski definition) is 1. The van der Waals surface area contributed by atoms with Crippen molar-refractivity contribution in [3.05, 3.63) is 44.8 Å². The molecule has 0 spiro atoms. The largest absolute Gasteiger partial charge is 0.457 e. The van der Waals surface area contributed by atoms with E-state index in [2.05, 4.69) is 20.9 Å². The summed E-state index contributed by atoms with van der Waals surface area (Å²) in [5.74, 6) is -0.405. The lowest BCUT2D eigenvalue weighted by atomic mass is 10.3. The number of ether oxygens (including phenoxy) is 1. The zero-order valence-electron chi connectivity index (χ0n) is 8.72. The van der Waals surface area contributed by atoms with Crippen molar-refractivity contribution in [2.45, 2.75) is 6.61 Å². The number of thiophene rings is 1. The van der Waals surface area contributed by atoms with E-state index < -0.39 is 5.97 Å². The number of carbonyl (C=O) groups excluding carboxylic acids is 1. The molecule has 2 aromatic rings. The number of nitrogen functional groups attached to an aromatic ring is 1. The summed E-state index contributed by atoms with van der Waals surface area (Å²) in [6, 6.07) is 3.53. The number of aromatic nitrogens is 1. The molecule has 17 heavy (non-hydrogen) atoms. The number of hydrogen-bond acceptors (Lipinski definition) is 5. The number of nitrogens with zero attached hydrogens (tertiary/aromatic N) is 1. The van der Waals surface area contributed by atoms with Gasteiger partial charge in [0.05, 0.1) is 5.69 Å². The lowest BCUT2D eigenvalue weighted by Crippen LogP contribution is -2.05. The van der Waals surface area contributed by atoms with Crippen LogP contribution in [-0.2, 0) is 11.3 Å². The lowest BCUT2D eigenvalue weighted by Gasteiger charge is -2.04. The molecule has 0 amide bonds. The number of halogens is 1. The zero-order chi connectivity index (χ0) is 12.3. The van der Waals surface area contributed by atoms with Crippen molar-refractivity contribution in [3.8, 4) is 0 Å².